The summed E-state index contributed by atoms with van der Waals surface area (Å²) in [5.74, 6) is 0.960. The zero-order valence-electron chi connectivity index (χ0n) is 12.4. The van der Waals surface area contributed by atoms with E-state index in [0.717, 1.165) is 43.6 Å². The van der Waals surface area contributed by atoms with Gasteiger partial charge in [-0.2, -0.15) is 0 Å². The van der Waals surface area contributed by atoms with E-state index in [-0.39, 0.29) is 12.4 Å². The summed E-state index contributed by atoms with van der Waals surface area (Å²) in [6.07, 6.45) is 7.53. The lowest BCUT2D eigenvalue weighted by molar-refractivity contribution is 0.282. The molecule has 0 amide bonds. The Kier molecular flexibility index (Phi) is 4.10. The van der Waals surface area contributed by atoms with Crippen molar-refractivity contribution in [1.82, 2.24) is 4.98 Å². The van der Waals surface area contributed by atoms with Gasteiger partial charge in [0.15, 0.2) is 0 Å². The van der Waals surface area contributed by atoms with Crippen molar-refractivity contribution in [2.24, 2.45) is 5.73 Å². The first-order valence-corrected chi connectivity index (χ1v) is 7.95. The molecule has 0 spiro atoms. The molecule has 1 heterocycles. The molecule has 21 heavy (non-hydrogen) atoms. The molecule has 4 N–H and O–H groups in total. The first kappa shape index (κ1) is 14.3. The van der Waals surface area contributed by atoms with E-state index in [1.807, 2.05) is 0 Å². The Bertz CT molecular complexity index is 539. The van der Waals surface area contributed by atoms with Crippen LogP contribution in [0.1, 0.15) is 48.9 Å². The molecule has 2 aliphatic carbocycles. The van der Waals surface area contributed by atoms with Crippen molar-refractivity contribution in [3.63, 3.8) is 0 Å². The fraction of sp³-hybridized carbons (Fsp3) is 0.625. The minimum Gasteiger partial charge on any atom is -0.396 e. The van der Waals surface area contributed by atoms with Gasteiger partial charge in [-0.1, -0.05) is 0 Å². The van der Waals surface area contributed by atoms with Crippen molar-refractivity contribution in [3.05, 3.63) is 22.9 Å². The van der Waals surface area contributed by atoms with Crippen LogP contribution in [0.3, 0.4) is 0 Å². The van der Waals surface area contributed by atoms with Crippen LogP contribution in [0.25, 0.3) is 0 Å². The molecule has 2 aliphatic rings. The smallest absolute Gasteiger partial charge is 0.140 e. The van der Waals surface area contributed by atoms with Crippen molar-refractivity contribution in [1.29, 1.82) is 5.41 Å². The Morgan fingerprint density at radius 2 is 2.19 bits per heavy atom. The second-order valence-corrected chi connectivity index (χ2v) is 6.09. The number of amidine groups is 1. The number of fused-ring (bicyclic) bond motifs is 1. The van der Waals surface area contributed by atoms with Gasteiger partial charge in [0.25, 0.3) is 0 Å². The minimum absolute atomic E-state index is 0.0977. The van der Waals surface area contributed by atoms with Crippen molar-refractivity contribution >= 4 is 11.7 Å². The maximum absolute atomic E-state index is 9.15. The topological polar surface area (TPSA) is 86.2 Å². The summed E-state index contributed by atoms with van der Waals surface area (Å²) >= 11 is 0. The zero-order valence-corrected chi connectivity index (χ0v) is 12.4. The third kappa shape index (κ3) is 2.75. The lowest BCUT2D eigenvalue weighted by atomic mass is 9.91. The lowest BCUT2D eigenvalue weighted by Gasteiger charge is -2.39. The van der Waals surface area contributed by atoms with Crippen molar-refractivity contribution in [2.45, 2.75) is 51.0 Å². The van der Waals surface area contributed by atoms with Crippen LogP contribution in [0.15, 0.2) is 6.07 Å². The quantitative estimate of drug-likeness (QED) is 0.548. The summed E-state index contributed by atoms with van der Waals surface area (Å²) < 4.78 is 0. The summed E-state index contributed by atoms with van der Waals surface area (Å²) in [5, 5.41) is 17.0. The van der Waals surface area contributed by atoms with Crippen LogP contribution in [-0.2, 0) is 12.8 Å². The highest BCUT2D eigenvalue weighted by Gasteiger charge is 2.29. The second kappa shape index (κ2) is 6.02. The summed E-state index contributed by atoms with van der Waals surface area (Å²) in [6, 6.07) is 2.55. The Morgan fingerprint density at radius 3 is 2.81 bits per heavy atom. The predicted molar refractivity (Wildman–Crippen MR) is 84.0 cm³/mol. The van der Waals surface area contributed by atoms with Gasteiger partial charge in [-0.25, -0.2) is 4.98 Å². The number of aromatic nitrogens is 1. The second-order valence-electron chi connectivity index (χ2n) is 6.09. The Balaban J connectivity index is 1.98. The molecule has 1 saturated carbocycles. The molecule has 0 aliphatic heterocycles. The van der Waals surface area contributed by atoms with E-state index in [0.29, 0.717) is 6.04 Å². The van der Waals surface area contributed by atoms with Crippen LogP contribution in [0, 0.1) is 5.41 Å². The van der Waals surface area contributed by atoms with Crippen LogP contribution in [0.4, 0.5) is 5.82 Å². The van der Waals surface area contributed by atoms with Gasteiger partial charge in [0.2, 0.25) is 0 Å². The van der Waals surface area contributed by atoms with E-state index in [4.69, 9.17) is 21.2 Å². The van der Waals surface area contributed by atoms with Crippen molar-refractivity contribution < 1.29 is 5.11 Å². The highest BCUT2D eigenvalue weighted by molar-refractivity contribution is 6.00. The van der Waals surface area contributed by atoms with Gasteiger partial charge in [-0.05, 0) is 56.6 Å². The largest absolute Gasteiger partial charge is 0.396 e. The van der Waals surface area contributed by atoms with Crippen LogP contribution >= 0.6 is 0 Å². The van der Waals surface area contributed by atoms with Crippen LogP contribution in [0.2, 0.25) is 0 Å². The first-order valence-electron chi connectivity index (χ1n) is 7.95. The molecular weight excluding hydrogens is 264 g/mol. The van der Waals surface area contributed by atoms with E-state index in [1.54, 1.807) is 0 Å². The number of nitrogens with two attached hydrogens (primary N) is 1. The molecule has 114 valence electrons. The average Bonchev–Trinajstić information content (AvgIpc) is 2.86. The number of hydrogen-bond acceptors (Lipinski definition) is 4. The van der Waals surface area contributed by atoms with Crippen molar-refractivity contribution in [3.8, 4) is 0 Å². The van der Waals surface area contributed by atoms with E-state index < -0.39 is 0 Å². The molecule has 0 bridgehead atoms. The predicted octanol–water partition coefficient (Wildman–Crippen LogP) is 1.60. The summed E-state index contributed by atoms with van der Waals surface area (Å²) in [7, 11) is 0. The standard InChI is InChI=1S/C16H24N4O/c17-15(18)13-10-11-4-1-7-14(11)19-16(13)20(8-3-9-21)12-5-2-6-12/h10,12,21H,1-9H2,(H3,17,18). The van der Waals surface area contributed by atoms with E-state index in [2.05, 4.69) is 11.0 Å². The molecular formula is C16H24N4O. The summed E-state index contributed by atoms with van der Waals surface area (Å²) in [6.45, 7) is 0.969. The molecule has 1 aromatic heterocycles. The normalized spacial score (nSPS) is 17.4. The van der Waals surface area contributed by atoms with Gasteiger partial charge in [0, 0.05) is 24.9 Å². The Labute approximate surface area is 125 Å². The molecule has 0 aromatic carbocycles. The minimum atomic E-state index is 0.0977. The van der Waals surface area contributed by atoms with Crippen LogP contribution < -0.4 is 10.6 Å². The number of pyridine rings is 1. The monoisotopic (exact) mass is 288 g/mol. The van der Waals surface area contributed by atoms with Gasteiger partial charge in [-0.3, -0.25) is 5.41 Å². The molecule has 0 unspecified atom stereocenters. The number of nitrogens with zero attached hydrogens (tertiary/aromatic N) is 2. The molecule has 5 heteroatoms. The van der Waals surface area contributed by atoms with Gasteiger partial charge in [-0.15, -0.1) is 0 Å². The number of aryl methyl sites for hydroxylation is 2. The van der Waals surface area contributed by atoms with Crippen molar-refractivity contribution in [2.75, 3.05) is 18.1 Å². The zero-order chi connectivity index (χ0) is 14.8. The first-order chi connectivity index (χ1) is 10.2. The van der Waals surface area contributed by atoms with E-state index in [9.17, 15) is 0 Å². The summed E-state index contributed by atoms with van der Waals surface area (Å²) in [5.41, 5.74) is 8.99. The third-order valence-electron chi connectivity index (χ3n) is 4.67. The molecule has 3 rings (SSSR count). The third-order valence-corrected chi connectivity index (χ3v) is 4.67. The average molecular weight is 288 g/mol. The lowest BCUT2D eigenvalue weighted by Crippen LogP contribution is -2.43. The highest BCUT2D eigenvalue weighted by Crippen LogP contribution is 2.33. The molecule has 0 atom stereocenters. The number of rotatable bonds is 6. The number of aliphatic hydroxyl groups is 1. The van der Waals surface area contributed by atoms with E-state index in [1.165, 1.54) is 30.5 Å². The highest BCUT2D eigenvalue weighted by atomic mass is 16.3. The molecule has 0 radical (unpaired) electrons. The Morgan fingerprint density at radius 1 is 1.38 bits per heavy atom. The van der Waals surface area contributed by atoms with Gasteiger partial charge in [0.05, 0.1) is 5.56 Å². The van der Waals surface area contributed by atoms with Gasteiger partial charge >= 0.3 is 0 Å². The number of anilines is 1. The SMILES string of the molecule is N=C(N)c1cc2c(nc1N(CCCO)C1CCC1)CCC2. The maximum Gasteiger partial charge on any atom is 0.140 e. The number of nitrogen functional groups attached to an aromatic ring is 1. The molecule has 0 saturated heterocycles. The summed E-state index contributed by atoms with van der Waals surface area (Å²) in [4.78, 5) is 7.13. The number of aliphatic hydroxyl groups excluding tert-OH is 1. The Hall–Kier alpha value is -1.62. The number of hydrogen-bond donors (Lipinski definition) is 3. The molecule has 5 nitrogen and oxygen atoms in total. The fourth-order valence-electron chi connectivity index (χ4n) is 3.28. The number of nitrogens with one attached hydrogen (secondary N) is 1. The van der Waals surface area contributed by atoms with Crippen LogP contribution in [0.5, 0.6) is 0 Å². The van der Waals surface area contributed by atoms with Crippen LogP contribution in [-0.4, -0.2) is 35.1 Å². The molecule has 1 fully saturated rings. The van der Waals surface area contributed by atoms with Gasteiger partial charge in [0.1, 0.15) is 11.7 Å². The van der Waals surface area contributed by atoms with E-state index >= 15 is 0 Å². The fourth-order valence-corrected chi connectivity index (χ4v) is 3.28. The van der Waals surface area contributed by atoms with Gasteiger partial charge < -0.3 is 15.7 Å². The molecule has 1 aromatic rings. The maximum atomic E-state index is 9.15.